The van der Waals surface area contributed by atoms with Crippen LogP contribution in [0.1, 0.15) is 18.4 Å². The lowest BCUT2D eigenvalue weighted by Gasteiger charge is -2.18. The van der Waals surface area contributed by atoms with Crippen molar-refractivity contribution in [1.29, 1.82) is 0 Å². The van der Waals surface area contributed by atoms with Gasteiger partial charge in [-0.15, -0.1) is 0 Å². The highest BCUT2D eigenvalue weighted by atomic mass is 16.5. The van der Waals surface area contributed by atoms with Gasteiger partial charge >= 0.3 is 12.2 Å². The van der Waals surface area contributed by atoms with Gasteiger partial charge in [0.1, 0.15) is 12.3 Å². The molecule has 2 rings (SSSR count). The summed E-state index contributed by atoms with van der Waals surface area (Å²) < 4.78 is 5.05. The molecule has 0 atom stereocenters. The second kappa shape index (κ2) is 5.57. The normalized spacial score (nSPS) is 15.4. The van der Waals surface area contributed by atoms with Gasteiger partial charge in [0, 0.05) is 0 Å². The Morgan fingerprint density at radius 1 is 1.26 bits per heavy atom. The number of alkyl carbamates (subject to hydrolysis) is 1. The summed E-state index contributed by atoms with van der Waals surface area (Å²) >= 11 is 0. The predicted molar refractivity (Wildman–Crippen MR) is 66.0 cm³/mol. The maximum absolute atomic E-state index is 11.6. The van der Waals surface area contributed by atoms with Crippen molar-refractivity contribution in [2.75, 3.05) is 0 Å². The van der Waals surface area contributed by atoms with E-state index in [1.165, 1.54) is 0 Å². The van der Waals surface area contributed by atoms with Crippen LogP contribution in [0.15, 0.2) is 30.3 Å². The maximum atomic E-state index is 11.6. The Hall–Kier alpha value is -2.28. The lowest BCUT2D eigenvalue weighted by Crippen LogP contribution is -2.55. The number of benzene rings is 1. The van der Waals surface area contributed by atoms with E-state index < -0.39 is 17.8 Å². The molecule has 0 aromatic heterocycles. The van der Waals surface area contributed by atoms with Crippen molar-refractivity contribution >= 4 is 12.2 Å². The molecule has 1 saturated carbocycles. The summed E-state index contributed by atoms with van der Waals surface area (Å²) in [6.07, 6.45) is -0.492. The van der Waals surface area contributed by atoms with Gasteiger partial charge in [0.05, 0.1) is 0 Å². The van der Waals surface area contributed by atoms with Crippen molar-refractivity contribution in [1.82, 2.24) is 16.2 Å². The summed E-state index contributed by atoms with van der Waals surface area (Å²) in [6, 6.07) is 9.30. The number of nitrogens with one attached hydrogen (secondary N) is 3. The van der Waals surface area contributed by atoms with Crippen LogP contribution in [0.5, 0.6) is 0 Å². The van der Waals surface area contributed by atoms with E-state index in [9.17, 15) is 9.59 Å². The summed E-state index contributed by atoms with van der Waals surface area (Å²) in [7, 11) is 0. The molecule has 2 amide bonds. The topological polar surface area (TPSA) is 99.7 Å². The highest BCUT2D eigenvalue weighted by Crippen LogP contribution is 2.31. The van der Waals surface area contributed by atoms with Gasteiger partial charge in [-0.05, 0) is 18.4 Å². The molecule has 0 unspecified atom stereocenters. The molecule has 7 nitrogen and oxygen atoms in total. The van der Waals surface area contributed by atoms with Crippen molar-refractivity contribution < 1.29 is 19.4 Å². The Morgan fingerprint density at radius 2 is 1.95 bits per heavy atom. The van der Waals surface area contributed by atoms with Crippen molar-refractivity contribution in [3.05, 3.63) is 35.9 Å². The molecular weight excluding hydrogens is 250 g/mol. The van der Waals surface area contributed by atoms with Crippen LogP contribution in [-0.2, 0) is 11.3 Å². The number of hydrogen-bond acceptors (Lipinski definition) is 4. The van der Waals surface area contributed by atoms with E-state index in [0.29, 0.717) is 12.8 Å². The number of hydrogen-bond donors (Lipinski definition) is 4. The third-order valence-corrected chi connectivity index (χ3v) is 2.71. The number of hydrazine groups is 1. The molecule has 1 aromatic carbocycles. The van der Waals surface area contributed by atoms with E-state index in [0.717, 1.165) is 5.56 Å². The summed E-state index contributed by atoms with van der Waals surface area (Å²) in [6.45, 7) is 0.176. The average molecular weight is 265 g/mol. The van der Waals surface area contributed by atoms with Crippen LogP contribution in [0.3, 0.4) is 0 Å². The lowest BCUT2D eigenvalue weighted by molar-refractivity contribution is 0.129. The van der Waals surface area contributed by atoms with Gasteiger partial charge in [0.25, 0.3) is 0 Å². The van der Waals surface area contributed by atoms with E-state index in [2.05, 4.69) is 10.7 Å². The summed E-state index contributed by atoms with van der Waals surface area (Å²) in [5.74, 6) is 0. The molecule has 19 heavy (non-hydrogen) atoms. The standard InChI is InChI=1S/C12H15N3O4/c16-10(17)14-15-12(6-7-12)13-11(18)19-8-9-4-2-1-3-5-9/h1-5,14-15H,6-8H2,(H,13,18)(H,16,17). The van der Waals surface area contributed by atoms with Crippen molar-refractivity contribution in [2.45, 2.75) is 25.1 Å². The molecule has 0 spiro atoms. The first-order valence-corrected chi connectivity index (χ1v) is 5.85. The Morgan fingerprint density at radius 3 is 2.53 bits per heavy atom. The highest BCUT2D eigenvalue weighted by Gasteiger charge is 2.45. The zero-order chi connectivity index (χ0) is 13.7. The van der Waals surface area contributed by atoms with E-state index in [1.54, 1.807) is 0 Å². The van der Waals surface area contributed by atoms with Crippen LogP contribution < -0.4 is 16.2 Å². The molecule has 1 fully saturated rings. The van der Waals surface area contributed by atoms with E-state index in [-0.39, 0.29) is 6.61 Å². The van der Waals surface area contributed by atoms with Crippen molar-refractivity contribution in [2.24, 2.45) is 0 Å². The van der Waals surface area contributed by atoms with Crippen LogP contribution in [0.4, 0.5) is 9.59 Å². The van der Waals surface area contributed by atoms with Crippen molar-refractivity contribution in [3.8, 4) is 0 Å². The van der Waals surface area contributed by atoms with Gasteiger partial charge in [-0.1, -0.05) is 30.3 Å². The van der Waals surface area contributed by atoms with Gasteiger partial charge < -0.3 is 15.2 Å². The molecule has 1 aromatic rings. The maximum Gasteiger partial charge on any atom is 0.419 e. The number of amides is 2. The summed E-state index contributed by atoms with van der Waals surface area (Å²) in [4.78, 5) is 21.9. The van der Waals surface area contributed by atoms with Crippen LogP contribution in [-0.4, -0.2) is 23.0 Å². The summed E-state index contributed by atoms with van der Waals surface area (Å²) in [5, 5.41) is 11.1. The molecule has 0 aliphatic heterocycles. The molecular formula is C12H15N3O4. The first-order valence-electron chi connectivity index (χ1n) is 5.85. The number of rotatable bonds is 5. The van der Waals surface area contributed by atoms with Gasteiger partial charge in [-0.3, -0.25) is 5.43 Å². The molecule has 0 saturated heterocycles. The third kappa shape index (κ3) is 4.14. The lowest BCUT2D eigenvalue weighted by atomic mass is 10.2. The van der Waals surface area contributed by atoms with Crippen LogP contribution >= 0.6 is 0 Å². The predicted octanol–water partition coefficient (Wildman–Crippen LogP) is 1.18. The third-order valence-electron chi connectivity index (χ3n) is 2.71. The molecule has 102 valence electrons. The molecule has 1 aliphatic carbocycles. The second-order valence-corrected chi connectivity index (χ2v) is 4.32. The Balaban J connectivity index is 1.74. The smallest absolute Gasteiger partial charge is 0.419 e. The number of carboxylic acid groups (broad SMARTS) is 1. The largest absolute Gasteiger partial charge is 0.464 e. The quantitative estimate of drug-likeness (QED) is 0.473. The molecule has 0 bridgehead atoms. The number of ether oxygens (including phenoxy) is 1. The minimum absolute atomic E-state index is 0.176. The zero-order valence-electron chi connectivity index (χ0n) is 10.2. The molecule has 7 heteroatoms. The minimum Gasteiger partial charge on any atom is -0.464 e. The molecule has 1 aliphatic rings. The summed E-state index contributed by atoms with van der Waals surface area (Å²) in [5.41, 5.74) is 4.73. The SMILES string of the molecule is O=C(O)NNC1(NC(=O)OCc2ccccc2)CC1. The Kier molecular flexibility index (Phi) is 3.86. The van der Waals surface area contributed by atoms with Gasteiger partial charge in [-0.2, -0.15) is 0 Å². The second-order valence-electron chi connectivity index (χ2n) is 4.32. The average Bonchev–Trinajstić information content (AvgIpc) is 3.16. The Labute approximate surface area is 109 Å². The van der Waals surface area contributed by atoms with Crippen LogP contribution in [0, 0.1) is 0 Å². The van der Waals surface area contributed by atoms with Gasteiger partial charge in [0.2, 0.25) is 0 Å². The number of carbonyl (C=O) groups excluding carboxylic acids is 1. The number of carbonyl (C=O) groups is 2. The van der Waals surface area contributed by atoms with Gasteiger partial charge in [-0.25, -0.2) is 15.0 Å². The first-order chi connectivity index (χ1) is 9.10. The van der Waals surface area contributed by atoms with E-state index in [4.69, 9.17) is 9.84 Å². The fourth-order valence-electron chi connectivity index (χ4n) is 1.53. The van der Waals surface area contributed by atoms with Crippen LogP contribution in [0.2, 0.25) is 0 Å². The van der Waals surface area contributed by atoms with E-state index >= 15 is 0 Å². The molecule has 4 N–H and O–H groups in total. The Bertz CT molecular complexity index is 459. The minimum atomic E-state index is -1.20. The zero-order valence-corrected chi connectivity index (χ0v) is 10.2. The van der Waals surface area contributed by atoms with Gasteiger partial charge in [0.15, 0.2) is 0 Å². The fourth-order valence-corrected chi connectivity index (χ4v) is 1.53. The molecule has 0 heterocycles. The van der Waals surface area contributed by atoms with E-state index in [1.807, 2.05) is 35.8 Å². The first kappa shape index (κ1) is 13.2. The highest BCUT2D eigenvalue weighted by molar-refractivity contribution is 5.69. The fraction of sp³-hybridized carbons (Fsp3) is 0.333. The van der Waals surface area contributed by atoms with Crippen molar-refractivity contribution in [3.63, 3.8) is 0 Å². The molecule has 0 radical (unpaired) electrons. The monoisotopic (exact) mass is 265 g/mol. The van der Waals surface area contributed by atoms with Crippen LogP contribution in [0.25, 0.3) is 0 Å².